The molecule has 3 N–H and O–H groups in total. The minimum Gasteiger partial charge on any atom is -0.354 e. The molecule has 0 aromatic carbocycles. The molecule has 0 atom stereocenters. The van der Waals surface area contributed by atoms with Gasteiger partial charge in [0.15, 0.2) is 5.79 Å². The molecule has 0 spiro atoms. The van der Waals surface area contributed by atoms with E-state index in [2.05, 4.69) is 36.7 Å². The Labute approximate surface area is 251 Å². The molecule has 0 saturated heterocycles. The molecule has 1 fully saturated rings. The zero-order valence-corrected chi connectivity index (χ0v) is 27.4. The normalized spacial score (nSPS) is 15.5. The number of hydrogen-bond donors (Lipinski definition) is 3. The van der Waals surface area contributed by atoms with Crippen LogP contribution in [0.1, 0.15) is 144 Å². The van der Waals surface area contributed by atoms with Crippen molar-refractivity contribution >= 4 is 17.6 Å². The summed E-state index contributed by atoms with van der Waals surface area (Å²) in [6, 6.07) is 0. The standard InChI is InChI=1S/C33H63N3O5/c1-31(2,3)28(37)18-14-11-9-7-8-10-12-15-19-29(38)34-24-26-40-33(21-16-13-17-22-33)41-27-25-35-30(39)20-23-36-32(4,5)6/h36H,7-27H2,1-6H3,(H,34,38)(H,35,39). The maximum absolute atomic E-state index is 12.2. The van der Waals surface area contributed by atoms with Crippen LogP contribution in [-0.2, 0) is 23.9 Å². The van der Waals surface area contributed by atoms with Gasteiger partial charge < -0.3 is 25.4 Å². The number of nitrogens with one attached hydrogen (secondary N) is 3. The summed E-state index contributed by atoms with van der Waals surface area (Å²) in [4.78, 5) is 36.3. The van der Waals surface area contributed by atoms with Crippen LogP contribution in [0.3, 0.4) is 0 Å². The van der Waals surface area contributed by atoms with Gasteiger partial charge in [0.1, 0.15) is 5.78 Å². The van der Waals surface area contributed by atoms with Crippen LogP contribution in [0.5, 0.6) is 0 Å². The summed E-state index contributed by atoms with van der Waals surface area (Å²) in [5, 5.41) is 9.24. The second kappa shape index (κ2) is 20.4. The third kappa shape index (κ3) is 20.1. The van der Waals surface area contributed by atoms with Gasteiger partial charge in [-0.2, -0.15) is 0 Å². The highest BCUT2D eigenvalue weighted by Gasteiger charge is 2.33. The lowest BCUT2D eigenvalue weighted by atomic mass is 9.88. The largest absolute Gasteiger partial charge is 0.354 e. The molecule has 0 aromatic heterocycles. The number of ketones is 1. The first kappa shape index (κ1) is 37.5. The molecule has 0 unspecified atom stereocenters. The number of carbonyl (C=O) groups is 3. The maximum atomic E-state index is 12.2. The van der Waals surface area contributed by atoms with Gasteiger partial charge >= 0.3 is 0 Å². The van der Waals surface area contributed by atoms with Crippen LogP contribution in [0.2, 0.25) is 0 Å². The molecule has 1 aliphatic rings. The molecule has 0 heterocycles. The number of Topliss-reactive ketones (excluding diaryl/α,β-unsaturated/α-hetero) is 1. The Morgan fingerprint density at radius 2 is 1.07 bits per heavy atom. The van der Waals surface area contributed by atoms with E-state index in [0.29, 0.717) is 57.9 Å². The Bertz CT molecular complexity index is 736. The highest BCUT2D eigenvalue weighted by Crippen LogP contribution is 2.32. The van der Waals surface area contributed by atoms with E-state index in [0.717, 1.165) is 57.8 Å². The summed E-state index contributed by atoms with van der Waals surface area (Å²) in [7, 11) is 0. The Kier molecular flexibility index (Phi) is 18.7. The van der Waals surface area contributed by atoms with Crippen molar-refractivity contribution in [1.29, 1.82) is 0 Å². The molecule has 0 aliphatic heterocycles. The Balaban J connectivity index is 2.08. The van der Waals surface area contributed by atoms with Gasteiger partial charge in [-0.15, -0.1) is 0 Å². The fourth-order valence-electron chi connectivity index (χ4n) is 5.01. The molecule has 0 bridgehead atoms. The van der Waals surface area contributed by atoms with Crippen LogP contribution in [0.4, 0.5) is 0 Å². The number of unbranched alkanes of at least 4 members (excludes halogenated alkanes) is 7. The van der Waals surface area contributed by atoms with Crippen LogP contribution in [-0.4, -0.2) is 61.8 Å². The quantitative estimate of drug-likeness (QED) is 0.104. The van der Waals surface area contributed by atoms with Crippen LogP contribution in [0, 0.1) is 5.41 Å². The summed E-state index contributed by atoms with van der Waals surface area (Å²) in [6.45, 7) is 14.7. The van der Waals surface area contributed by atoms with Crippen molar-refractivity contribution in [2.45, 2.75) is 156 Å². The zero-order valence-electron chi connectivity index (χ0n) is 27.4. The smallest absolute Gasteiger partial charge is 0.221 e. The summed E-state index contributed by atoms with van der Waals surface area (Å²) < 4.78 is 12.3. The van der Waals surface area contributed by atoms with Crippen LogP contribution in [0.15, 0.2) is 0 Å². The van der Waals surface area contributed by atoms with Gasteiger partial charge in [0.25, 0.3) is 0 Å². The predicted octanol–water partition coefficient (Wildman–Crippen LogP) is 6.21. The fourth-order valence-corrected chi connectivity index (χ4v) is 5.01. The molecule has 41 heavy (non-hydrogen) atoms. The van der Waals surface area contributed by atoms with Crippen molar-refractivity contribution in [1.82, 2.24) is 16.0 Å². The lowest BCUT2D eigenvalue weighted by molar-refractivity contribution is -0.250. The second-order valence-corrected chi connectivity index (χ2v) is 13.8. The van der Waals surface area contributed by atoms with E-state index in [4.69, 9.17) is 9.47 Å². The van der Waals surface area contributed by atoms with E-state index in [1.54, 1.807) is 0 Å². The first-order valence-electron chi connectivity index (χ1n) is 16.4. The van der Waals surface area contributed by atoms with E-state index >= 15 is 0 Å². The van der Waals surface area contributed by atoms with Crippen molar-refractivity contribution in [2.24, 2.45) is 5.41 Å². The molecular formula is C33H63N3O5. The summed E-state index contributed by atoms with van der Waals surface area (Å²) >= 11 is 0. The lowest BCUT2D eigenvalue weighted by Gasteiger charge is -2.37. The van der Waals surface area contributed by atoms with Crippen molar-refractivity contribution < 1.29 is 23.9 Å². The summed E-state index contributed by atoms with van der Waals surface area (Å²) in [6.07, 6.45) is 15.6. The number of hydrogen-bond acceptors (Lipinski definition) is 6. The molecular weight excluding hydrogens is 518 g/mol. The van der Waals surface area contributed by atoms with Crippen LogP contribution in [0.25, 0.3) is 0 Å². The fraction of sp³-hybridized carbons (Fsp3) is 0.909. The molecule has 1 aliphatic carbocycles. The van der Waals surface area contributed by atoms with Crippen LogP contribution < -0.4 is 16.0 Å². The number of amides is 2. The third-order valence-corrected chi connectivity index (χ3v) is 7.60. The minimum atomic E-state index is -0.608. The average molecular weight is 582 g/mol. The van der Waals surface area contributed by atoms with E-state index in [1.807, 2.05) is 20.8 Å². The Morgan fingerprint density at radius 3 is 1.56 bits per heavy atom. The van der Waals surface area contributed by atoms with Gasteiger partial charge in [-0.25, -0.2) is 0 Å². The lowest BCUT2D eigenvalue weighted by Crippen LogP contribution is -2.42. The summed E-state index contributed by atoms with van der Waals surface area (Å²) in [5.41, 5.74) is -0.207. The van der Waals surface area contributed by atoms with Gasteiger partial charge in [0.05, 0.1) is 13.2 Å². The number of ether oxygens (including phenoxy) is 2. The highest BCUT2D eigenvalue weighted by molar-refractivity contribution is 5.83. The Hall–Kier alpha value is -1.51. The number of carbonyl (C=O) groups excluding carboxylic acids is 3. The number of rotatable bonds is 22. The van der Waals surface area contributed by atoms with E-state index in [9.17, 15) is 14.4 Å². The van der Waals surface area contributed by atoms with Crippen molar-refractivity contribution in [3.05, 3.63) is 0 Å². The predicted molar refractivity (Wildman–Crippen MR) is 167 cm³/mol. The second-order valence-electron chi connectivity index (χ2n) is 13.8. The van der Waals surface area contributed by atoms with Crippen molar-refractivity contribution in [3.8, 4) is 0 Å². The SMILES string of the molecule is CC(C)(C)NCCC(=O)NCCOC1(OCCNC(=O)CCCCCCCCCCC(=O)C(C)(C)C)CCCCC1. The molecule has 1 rings (SSSR count). The molecule has 0 aromatic rings. The van der Waals surface area contributed by atoms with Crippen LogP contribution >= 0.6 is 0 Å². The Morgan fingerprint density at radius 1 is 0.610 bits per heavy atom. The molecule has 1 saturated carbocycles. The molecule has 8 nitrogen and oxygen atoms in total. The van der Waals surface area contributed by atoms with E-state index in [1.165, 1.54) is 25.7 Å². The third-order valence-electron chi connectivity index (χ3n) is 7.60. The van der Waals surface area contributed by atoms with Gasteiger partial charge in [-0.3, -0.25) is 14.4 Å². The van der Waals surface area contributed by atoms with Crippen molar-refractivity contribution in [3.63, 3.8) is 0 Å². The van der Waals surface area contributed by atoms with Gasteiger partial charge in [0.2, 0.25) is 11.8 Å². The molecule has 8 heteroatoms. The summed E-state index contributed by atoms with van der Waals surface area (Å²) in [5.74, 6) is -0.141. The topological polar surface area (TPSA) is 106 Å². The van der Waals surface area contributed by atoms with Gasteiger partial charge in [-0.1, -0.05) is 65.7 Å². The van der Waals surface area contributed by atoms with Crippen molar-refractivity contribution in [2.75, 3.05) is 32.8 Å². The minimum absolute atomic E-state index is 0.00442. The maximum Gasteiger partial charge on any atom is 0.221 e. The van der Waals surface area contributed by atoms with E-state index in [-0.39, 0.29) is 22.8 Å². The van der Waals surface area contributed by atoms with Gasteiger partial charge in [-0.05, 0) is 46.5 Å². The first-order valence-corrected chi connectivity index (χ1v) is 16.4. The van der Waals surface area contributed by atoms with E-state index < -0.39 is 5.79 Å². The average Bonchev–Trinajstić information content (AvgIpc) is 2.89. The molecule has 2 amide bonds. The molecule has 240 valence electrons. The van der Waals surface area contributed by atoms with Gasteiger partial charge in [0, 0.05) is 62.7 Å². The zero-order chi connectivity index (χ0) is 30.6. The highest BCUT2D eigenvalue weighted by atomic mass is 16.7. The monoisotopic (exact) mass is 581 g/mol. The first-order chi connectivity index (χ1) is 19.3. The molecule has 0 radical (unpaired) electrons.